The highest BCUT2D eigenvalue weighted by Gasteiger charge is 2.26. The van der Waals surface area contributed by atoms with E-state index in [9.17, 15) is 17.2 Å². The van der Waals surface area contributed by atoms with Crippen LogP contribution in [0.5, 0.6) is 0 Å². The summed E-state index contributed by atoms with van der Waals surface area (Å²) in [4.78, 5) is 3.40. The molecular formula is C19H22F2N2O2S2. The molecule has 0 radical (unpaired) electrons. The monoisotopic (exact) mass is 412 g/mol. The number of halogens is 2. The molecule has 146 valence electrons. The standard InChI is InChI=1S/C19H22F2N2O2S2/c20-16-2-6-18(7-3-16)26-15-14-22-10-1-11-23(13-12-22)27(24,25)19-8-4-17(21)5-9-19/h2-9H,1,10-15H2. The number of hydrogen-bond donors (Lipinski definition) is 0. The first kappa shape index (κ1) is 20.3. The molecule has 1 heterocycles. The summed E-state index contributed by atoms with van der Waals surface area (Å²) in [6.45, 7) is 3.21. The van der Waals surface area contributed by atoms with Gasteiger partial charge < -0.3 is 4.90 Å². The number of hydrogen-bond acceptors (Lipinski definition) is 4. The average molecular weight is 413 g/mol. The van der Waals surface area contributed by atoms with Crippen molar-refractivity contribution in [3.63, 3.8) is 0 Å². The molecule has 4 nitrogen and oxygen atoms in total. The Morgan fingerprint density at radius 3 is 2.15 bits per heavy atom. The van der Waals surface area contributed by atoms with Crippen molar-refractivity contribution in [2.45, 2.75) is 16.2 Å². The van der Waals surface area contributed by atoms with Crippen molar-refractivity contribution in [3.8, 4) is 0 Å². The third-order valence-electron chi connectivity index (χ3n) is 4.49. The Labute approximate surface area is 163 Å². The minimum atomic E-state index is -3.59. The molecule has 0 bridgehead atoms. The molecule has 1 saturated heterocycles. The lowest BCUT2D eigenvalue weighted by molar-refractivity contribution is 0.304. The van der Waals surface area contributed by atoms with Crippen molar-refractivity contribution < 1.29 is 17.2 Å². The molecule has 0 spiro atoms. The van der Waals surface area contributed by atoms with Crippen molar-refractivity contribution in [2.75, 3.05) is 38.5 Å². The van der Waals surface area contributed by atoms with Crippen molar-refractivity contribution in [3.05, 3.63) is 60.2 Å². The van der Waals surface area contributed by atoms with Crippen molar-refractivity contribution in [2.24, 2.45) is 0 Å². The van der Waals surface area contributed by atoms with Gasteiger partial charge in [0.1, 0.15) is 11.6 Å². The van der Waals surface area contributed by atoms with Crippen molar-refractivity contribution in [1.29, 1.82) is 0 Å². The van der Waals surface area contributed by atoms with Crippen LogP contribution in [0.1, 0.15) is 6.42 Å². The summed E-state index contributed by atoms with van der Waals surface area (Å²) < 4.78 is 52.9. The largest absolute Gasteiger partial charge is 0.301 e. The Hall–Kier alpha value is -1.48. The molecule has 0 unspecified atom stereocenters. The van der Waals surface area contributed by atoms with Crippen LogP contribution in [0.4, 0.5) is 8.78 Å². The molecule has 2 aromatic carbocycles. The first-order valence-electron chi connectivity index (χ1n) is 8.81. The maximum Gasteiger partial charge on any atom is 0.243 e. The molecule has 0 atom stereocenters. The molecule has 3 rings (SSSR count). The summed E-state index contributed by atoms with van der Waals surface area (Å²) in [6, 6.07) is 11.4. The molecular weight excluding hydrogens is 390 g/mol. The third kappa shape index (κ3) is 5.51. The SMILES string of the molecule is O=S(=O)(c1ccc(F)cc1)N1CCCN(CCSc2ccc(F)cc2)CC1. The van der Waals surface area contributed by atoms with Crippen molar-refractivity contribution in [1.82, 2.24) is 9.21 Å². The number of sulfonamides is 1. The zero-order valence-electron chi connectivity index (χ0n) is 14.9. The molecule has 8 heteroatoms. The molecule has 0 N–H and O–H groups in total. The van der Waals surface area contributed by atoms with Gasteiger partial charge in [0.25, 0.3) is 0 Å². The molecule has 0 aromatic heterocycles. The molecule has 2 aromatic rings. The fourth-order valence-electron chi connectivity index (χ4n) is 2.99. The van der Waals surface area contributed by atoms with Crippen LogP contribution < -0.4 is 0 Å². The second kappa shape index (κ2) is 9.14. The van der Waals surface area contributed by atoms with Crippen molar-refractivity contribution >= 4 is 21.8 Å². The predicted octanol–water partition coefficient (Wildman–Crippen LogP) is 3.45. The Kier molecular flexibility index (Phi) is 6.86. The fraction of sp³-hybridized carbons (Fsp3) is 0.368. The van der Waals surface area contributed by atoms with Crippen LogP contribution in [0.15, 0.2) is 58.3 Å². The summed E-state index contributed by atoms with van der Waals surface area (Å²) >= 11 is 1.66. The summed E-state index contributed by atoms with van der Waals surface area (Å²) in [5, 5.41) is 0. The van der Waals surface area contributed by atoms with E-state index < -0.39 is 15.8 Å². The minimum absolute atomic E-state index is 0.129. The van der Waals surface area contributed by atoms with E-state index in [-0.39, 0.29) is 10.7 Å². The molecule has 1 fully saturated rings. The smallest absolute Gasteiger partial charge is 0.243 e. The van der Waals surface area contributed by atoms with Gasteiger partial charge in [-0.3, -0.25) is 0 Å². The highest BCUT2D eigenvalue weighted by molar-refractivity contribution is 7.99. The van der Waals surface area contributed by atoms with E-state index in [1.165, 1.54) is 40.7 Å². The quantitative estimate of drug-likeness (QED) is 0.682. The van der Waals surface area contributed by atoms with Gasteiger partial charge in [0.2, 0.25) is 10.0 Å². The van der Waals surface area contributed by atoms with Crippen LogP contribution in [-0.2, 0) is 10.0 Å². The second-order valence-corrected chi connectivity index (χ2v) is 9.46. The van der Waals surface area contributed by atoms with Gasteiger partial charge in [-0.25, -0.2) is 17.2 Å². The van der Waals surface area contributed by atoms with E-state index in [0.29, 0.717) is 19.6 Å². The number of thioether (sulfide) groups is 1. The van der Waals surface area contributed by atoms with E-state index >= 15 is 0 Å². The predicted molar refractivity (Wildman–Crippen MR) is 103 cm³/mol. The normalized spacial score (nSPS) is 17.0. The average Bonchev–Trinajstić information content (AvgIpc) is 2.90. The van der Waals surface area contributed by atoms with E-state index in [4.69, 9.17) is 0 Å². The summed E-state index contributed by atoms with van der Waals surface area (Å²) in [5.41, 5.74) is 0. The molecule has 0 saturated carbocycles. The first-order valence-corrected chi connectivity index (χ1v) is 11.2. The van der Waals surface area contributed by atoms with Gasteiger partial charge in [-0.1, -0.05) is 0 Å². The molecule has 1 aliphatic rings. The summed E-state index contributed by atoms with van der Waals surface area (Å²) in [6.07, 6.45) is 0.752. The Morgan fingerprint density at radius 1 is 0.852 bits per heavy atom. The van der Waals surface area contributed by atoms with Crippen LogP contribution >= 0.6 is 11.8 Å². The maximum atomic E-state index is 13.1. The lowest BCUT2D eigenvalue weighted by atomic mass is 10.4. The third-order valence-corrected chi connectivity index (χ3v) is 7.39. The number of nitrogens with zero attached hydrogens (tertiary/aromatic N) is 2. The number of rotatable bonds is 6. The van der Waals surface area contributed by atoms with E-state index in [1.54, 1.807) is 23.9 Å². The second-order valence-electron chi connectivity index (χ2n) is 6.36. The maximum absolute atomic E-state index is 13.1. The molecule has 27 heavy (non-hydrogen) atoms. The number of benzene rings is 2. The Morgan fingerprint density at radius 2 is 1.48 bits per heavy atom. The molecule has 0 aliphatic carbocycles. The van der Waals surface area contributed by atoms with Gasteiger partial charge >= 0.3 is 0 Å². The minimum Gasteiger partial charge on any atom is -0.301 e. The Balaban J connectivity index is 1.52. The molecule has 1 aliphatic heterocycles. The van der Waals surface area contributed by atoms with Crippen LogP contribution in [0.25, 0.3) is 0 Å². The van der Waals surface area contributed by atoms with Gasteiger partial charge in [0.05, 0.1) is 4.90 Å². The van der Waals surface area contributed by atoms with E-state index in [1.807, 2.05) is 0 Å². The van der Waals surface area contributed by atoms with Gasteiger partial charge in [-0.15, -0.1) is 11.8 Å². The van der Waals surface area contributed by atoms with Crippen LogP contribution in [0, 0.1) is 11.6 Å². The van der Waals surface area contributed by atoms with Crippen LogP contribution in [0.2, 0.25) is 0 Å². The topological polar surface area (TPSA) is 40.6 Å². The van der Waals surface area contributed by atoms with Gasteiger partial charge in [-0.2, -0.15) is 4.31 Å². The highest BCUT2D eigenvalue weighted by Crippen LogP contribution is 2.20. The van der Waals surface area contributed by atoms with Gasteiger partial charge in [0.15, 0.2) is 0 Å². The lowest BCUT2D eigenvalue weighted by Gasteiger charge is -2.21. The lowest BCUT2D eigenvalue weighted by Crippen LogP contribution is -2.35. The summed E-state index contributed by atoms with van der Waals surface area (Å²) in [7, 11) is -3.59. The zero-order valence-corrected chi connectivity index (χ0v) is 16.5. The van der Waals surface area contributed by atoms with Gasteiger partial charge in [-0.05, 0) is 61.5 Å². The highest BCUT2D eigenvalue weighted by atomic mass is 32.2. The molecule has 0 amide bonds. The van der Waals surface area contributed by atoms with Crippen LogP contribution in [0.3, 0.4) is 0 Å². The van der Waals surface area contributed by atoms with Crippen LogP contribution in [-0.4, -0.2) is 56.1 Å². The first-order chi connectivity index (χ1) is 12.9. The zero-order chi connectivity index (χ0) is 19.3. The van der Waals surface area contributed by atoms with E-state index in [0.717, 1.165) is 30.2 Å². The van der Waals surface area contributed by atoms with Gasteiger partial charge in [0, 0.05) is 36.8 Å². The Bertz CT molecular complexity index is 843. The summed E-state index contributed by atoms with van der Waals surface area (Å²) in [5.74, 6) is 0.167. The van der Waals surface area contributed by atoms with E-state index in [2.05, 4.69) is 4.90 Å². The fourth-order valence-corrected chi connectivity index (χ4v) is 5.37.